The Kier molecular flexibility index (Phi) is 20.6. The van der Waals surface area contributed by atoms with Gasteiger partial charge in [-0.1, -0.05) is 491 Å². The van der Waals surface area contributed by atoms with Gasteiger partial charge in [0.2, 0.25) is 0 Å². The van der Waals surface area contributed by atoms with Gasteiger partial charge in [-0.15, -0.1) is 11.3 Å². The lowest BCUT2D eigenvalue weighted by Gasteiger charge is -2.34. The van der Waals surface area contributed by atoms with Crippen molar-refractivity contribution in [2.75, 3.05) is 0 Å². The first-order valence-corrected chi connectivity index (χ1v) is 51.6. The molecule has 25 aromatic carbocycles. The van der Waals surface area contributed by atoms with Gasteiger partial charge in [0, 0.05) is 20.2 Å². The van der Waals surface area contributed by atoms with Crippen LogP contribution in [0.4, 0.5) is 0 Å². The summed E-state index contributed by atoms with van der Waals surface area (Å²) in [5, 5.41) is 12.7. The first-order chi connectivity index (χ1) is 72.3. The van der Waals surface area contributed by atoms with Crippen molar-refractivity contribution in [2.45, 2.75) is 16.2 Å². The molecule has 0 N–H and O–H groups in total. The molecule has 146 heavy (non-hydrogen) atoms. The summed E-state index contributed by atoms with van der Waals surface area (Å²) in [4.78, 5) is 0. The smallest absolute Gasteiger partial charge is 0.0725 e. The first kappa shape index (κ1) is 85.7. The zero-order valence-electron chi connectivity index (χ0n) is 80.2. The Bertz CT molecular complexity index is 9250. The van der Waals surface area contributed by atoms with Gasteiger partial charge in [0.15, 0.2) is 0 Å². The standard InChI is InChI=1S/C51H32.C51H34.C43H28S/c1-2-11-34-28-38(21-20-33(34)10-1)40-25-24-39-30-37(22-23-41(39)31-40)35-12-9-13-36(29-35)42-26-27-46-45-16-5-8-19-49(45)51(50(46)32-42)47-17-6-3-14-43(47)44-15-4-7-18-48(44)51;1-3-16-45(17-4-1)51(46-18-5-2-6-19-46)49-21-10-9-20-47(49)48-29-28-44(34-50(48)51)38-15-11-14-37(31-38)39-24-25-43-33-42(27-26-41(43)32-39)40-23-22-35-12-7-8-13-36(35)30-40;1-3-15-32(16-4-1)43(33-17-5-2-6-18-33)39-23-9-7-19-35(39)36-26-25-30(28-40(36)43)29-13-11-14-31(27-29)34-21-12-22-38-37-20-8-10-24-41(37)44-42(34)38/h1-32H;1-34H;1-28H. The summed E-state index contributed by atoms with van der Waals surface area (Å²) >= 11 is 1.89. The van der Waals surface area contributed by atoms with Crippen LogP contribution in [0.2, 0.25) is 0 Å². The van der Waals surface area contributed by atoms with Crippen molar-refractivity contribution < 1.29 is 0 Å². The van der Waals surface area contributed by atoms with Crippen molar-refractivity contribution in [3.8, 4) is 134 Å². The van der Waals surface area contributed by atoms with E-state index in [1.54, 1.807) is 0 Å². The normalized spacial score (nSPS) is 13.1. The molecule has 1 spiro atoms. The summed E-state index contributed by atoms with van der Waals surface area (Å²) in [5.41, 5.74) is 45.2. The Balaban J connectivity index is 0.000000106. The van der Waals surface area contributed by atoms with Crippen LogP contribution in [0.15, 0.2) is 570 Å². The van der Waals surface area contributed by atoms with E-state index in [2.05, 4.69) is 570 Å². The Morgan fingerprint density at radius 3 is 0.685 bits per heavy atom. The monoisotopic (exact) mass is 1870 g/mol. The Hall–Kier alpha value is -18.2. The average molecular weight is 1870 g/mol. The minimum absolute atomic E-state index is 0.337. The molecule has 0 saturated heterocycles. The molecule has 26 aromatic rings. The second-order valence-corrected chi connectivity index (χ2v) is 40.5. The maximum absolute atomic E-state index is 2.47. The lowest BCUT2D eigenvalue weighted by atomic mass is 9.67. The van der Waals surface area contributed by atoms with Gasteiger partial charge in [0.1, 0.15) is 0 Å². The van der Waals surface area contributed by atoms with Crippen LogP contribution in [-0.2, 0) is 16.2 Å². The SMILES string of the molecule is c1cc(-c2ccc3c(c2)C2(c4ccccc4-c4ccccc42)c2ccccc2-3)cc(-c2ccc3cc(-c4ccc5ccccc5c4)ccc3c2)c1.c1ccc(C2(c3ccccc3)c3ccccc3-c3ccc(-c4cccc(-c5ccc6cc(-c7ccc8ccccc8c7)ccc6c5)c4)cc32)cc1.c1ccc(C2(c3ccccc3)c3ccccc3-c3ccc(-c4cccc(-c5cccc6c5sc5ccccc56)c4)cc32)cc1. The zero-order valence-corrected chi connectivity index (χ0v) is 81.0. The molecular weight excluding hydrogens is 1770 g/mol. The van der Waals surface area contributed by atoms with Crippen molar-refractivity contribution in [1.82, 2.24) is 0 Å². The van der Waals surface area contributed by atoms with Crippen molar-refractivity contribution >= 4 is 74.6 Å². The summed E-state index contributed by atoms with van der Waals surface area (Å²) in [6.07, 6.45) is 0. The van der Waals surface area contributed by atoms with Crippen molar-refractivity contribution in [3.05, 3.63) is 637 Å². The average Bonchev–Trinajstić information content (AvgIpc) is 1.54. The van der Waals surface area contributed by atoms with E-state index in [1.807, 2.05) is 11.3 Å². The highest BCUT2D eigenvalue weighted by Crippen LogP contribution is 2.65. The van der Waals surface area contributed by atoms with E-state index < -0.39 is 10.8 Å². The van der Waals surface area contributed by atoms with E-state index in [9.17, 15) is 0 Å². The van der Waals surface area contributed by atoms with Crippen LogP contribution >= 0.6 is 11.3 Å². The summed E-state index contributed by atoms with van der Waals surface area (Å²) in [6, 6.07) is 211. The number of fused-ring (bicyclic) bond motifs is 23. The zero-order chi connectivity index (χ0) is 96.4. The molecule has 0 bridgehead atoms. The minimum Gasteiger partial charge on any atom is -0.135 e. The molecule has 4 aliphatic rings. The molecule has 0 unspecified atom stereocenters. The Morgan fingerprint density at radius 1 is 0.116 bits per heavy atom. The molecule has 1 heteroatoms. The fourth-order valence-electron chi connectivity index (χ4n) is 25.1. The van der Waals surface area contributed by atoms with Crippen LogP contribution in [0, 0.1) is 0 Å². The predicted octanol–water partition coefficient (Wildman–Crippen LogP) is 38.4. The predicted molar refractivity (Wildman–Crippen MR) is 617 cm³/mol. The van der Waals surface area contributed by atoms with Crippen LogP contribution in [0.3, 0.4) is 0 Å². The molecular formula is C145H94S. The molecule has 0 aliphatic heterocycles. The van der Waals surface area contributed by atoms with Crippen LogP contribution in [0.25, 0.3) is 197 Å². The van der Waals surface area contributed by atoms with Crippen LogP contribution in [0.1, 0.15) is 66.8 Å². The van der Waals surface area contributed by atoms with Crippen LogP contribution in [0.5, 0.6) is 0 Å². The van der Waals surface area contributed by atoms with Crippen LogP contribution in [-0.4, -0.2) is 0 Å². The number of rotatable bonds is 12. The molecule has 1 heterocycles. The van der Waals surface area contributed by atoms with E-state index in [1.165, 1.54) is 264 Å². The Morgan fingerprint density at radius 2 is 0.336 bits per heavy atom. The molecule has 4 aliphatic carbocycles. The van der Waals surface area contributed by atoms with E-state index >= 15 is 0 Å². The molecule has 0 radical (unpaired) electrons. The molecule has 1 aromatic heterocycles. The van der Waals surface area contributed by atoms with E-state index in [4.69, 9.17) is 0 Å². The van der Waals surface area contributed by atoms with Crippen molar-refractivity contribution in [2.24, 2.45) is 0 Å². The fraction of sp³-hybridized carbons (Fsp3) is 0.0207. The molecule has 0 fully saturated rings. The fourth-order valence-corrected chi connectivity index (χ4v) is 26.3. The second-order valence-electron chi connectivity index (χ2n) is 39.4. The van der Waals surface area contributed by atoms with Gasteiger partial charge in [-0.05, 0) is 322 Å². The van der Waals surface area contributed by atoms with Crippen LogP contribution < -0.4 is 0 Å². The summed E-state index contributed by atoms with van der Waals surface area (Å²) < 4.78 is 2.69. The molecule has 0 amide bonds. The maximum atomic E-state index is 2.47. The lowest BCUT2D eigenvalue weighted by molar-refractivity contribution is 0.769. The third kappa shape index (κ3) is 13.9. The number of hydrogen-bond donors (Lipinski definition) is 0. The highest BCUT2D eigenvalue weighted by Gasteiger charge is 2.53. The molecule has 0 nitrogen and oxygen atoms in total. The van der Waals surface area contributed by atoms with Crippen molar-refractivity contribution in [3.63, 3.8) is 0 Å². The van der Waals surface area contributed by atoms with E-state index in [0.717, 1.165) is 0 Å². The third-order valence-corrected chi connectivity index (χ3v) is 32.9. The van der Waals surface area contributed by atoms with Gasteiger partial charge in [-0.25, -0.2) is 0 Å². The topological polar surface area (TPSA) is 0 Å². The molecule has 0 saturated carbocycles. The van der Waals surface area contributed by atoms with Gasteiger partial charge in [-0.2, -0.15) is 0 Å². The van der Waals surface area contributed by atoms with Gasteiger partial charge in [0.05, 0.1) is 16.2 Å². The number of thiophene rings is 1. The maximum Gasteiger partial charge on any atom is 0.0725 e. The highest BCUT2D eigenvalue weighted by molar-refractivity contribution is 7.26. The molecule has 30 rings (SSSR count). The lowest BCUT2D eigenvalue weighted by Crippen LogP contribution is -2.28. The van der Waals surface area contributed by atoms with Gasteiger partial charge in [0.25, 0.3) is 0 Å². The largest absolute Gasteiger partial charge is 0.135 e. The molecule has 680 valence electrons. The van der Waals surface area contributed by atoms with E-state index in [0.29, 0.717) is 0 Å². The molecule has 0 atom stereocenters. The minimum atomic E-state index is -0.411. The number of benzene rings is 25. The van der Waals surface area contributed by atoms with Crippen molar-refractivity contribution in [1.29, 1.82) is 0 Å². The summed E-state index contributed by atoms with van der Waals surface area (Å²) in [5.74, 6) is 0. The summed E-state index contributed by atoms with van der Waals surface area (Å²) in [6.45, 7) is 0. The first-order valence-electron chi connectivity index (χ1n) is 50.8. The third-order valence-electron chi connectivity index (χ3n) is 31.7. The summed E-state index contributed by atoms with van der Waals surface area (Å²) in [7, 11) is 0. The quantitative estimate of drug-likeness (QED) is 0.114. The Labute approximate surface area is 854 Å². The van der Waals surface area contributed by atoms with Gasteiger partial charge in [-0.3, -0.25) is 0 Å². The van der Waals surface area contributed by atoms with Gasteiger partial charge >= 0.3 is 0 Å². The highest BCUT2D eigenvalue weighted by atomic mass is 32.1. The van der Waals surface area contributed by atoms with Gasteiger partial charge < -0.3 is 0 Å². The number of hydrogen-bond acceptors (Lipinski definition) is 1. The second kappa shape index (κ2) is 35.2. The van der Waals surface area contributed by atoms with E-state index in [-0.39, 0.29) is 5.41 Å².